The summed E-state index contributed by atoms with van der Waals surface area (Å²) in [6.45, 7) is 3.86. The molecule has 0 bridgehead atoms. The molecule has 1 atom stereocenters. The molecule has 1 aliphatic heterocycles. The number of hydrogen-bond donors (Lipinski definition) is 0. The zero-order valence-electron chi connectivity index (χ0n) is 6.81. The first-order valence-electron chi connectivity index (χ1n) is 4.33. The summed E-state index contributed by atoms with van der Waals surface area (Å²) < 4.78 is 5.74. The van der Waals surface area contributed by atoms with E-state index in [1.807, 2.05) is 0 Å². The fourth-order valence-corrected chi connectivity index (χ4v) is 1.96. The molecule has 1 unspecified atom stereocenters. The predicted octanol–water partition coefficient (Wildman–Crippen LogP) is 2.79. The van der Waals surface area contributed by atoms with Crippen molar-refractivity contribution in [3.8, 4) is 0 Å². The molecule has 2 rings (SSSR count). The van der Waals surface area contributed by atoms with Crippen LogP contribution >= 0.6 is 0 Å². The number of allylic oxidation sites excluding steroid dienone is 2. The first kappa shape index (κ1) is 6.96. The molecule has 1 nitrogen and oxygen atoms in total. The summed E-state index contributed by atoms with van der Waals surface area (Å²) >= 11 is 0. The summed E-state index contributed by atoms with van der Waals surface area (Å²) in [4.78, 5) is 0. The average Bonchev–Trinajstić information content (AvgIpc) is 2.34. The Labute approximate surface area is 67.7 Å². The second kappa shape index (κ2) is 2.40. The largest absolute Gasteiger partial charge is 0.492 e. The van der Waals surface area contributed by atoms with Gasteiger partial charge in [-0.05, 0) is 19.3 Å². The van der Waals surface area contributed by atoms with Crippen LogP contribution in [0.3, 0.4) is 0 Å². The average molecular weight is 150 g/mol. The van der Waals surface area contributed by atoms with Crippen LogP contribution in [0.1, 0.15) is 32.1 Å². The lowest BCUT2D eigenvalue weighted by molar-refractivity contribution is 0.0320. The van der Waals surface area contributed by atoms with Gasteiger partial charge in [-0.25, -0.2) is 0 Å². The monoisotopic (exact) mass is 150 g/mol. The topological polar surface area (TPSA) is 9.23 Å². The predicted molar refractivity (Wildman–Crippen MR) is 45.2 cm³/mol. The van der Waals surface area contributed by atoms with Crippen molar-refractivity contribution in [1.82, 2.24) is 0 Å². The van der Waals surface area contributed by atoms with E-state index < -0.39 is 0 Å². The molecule has 1 heteroatoms. The molecule has 2 aliphatic rings. The lowest BCUT2D eigenvalue weighted by Gasteiger charge is -2.29. The zero-order chi connectivity index (χ0) is 7.73. The molecule has 0 aromatic carbocycles. The number of ether oxygens (including phenoxy) is 1. The Hall–Kier alpha value is -0.720. The minimum atomic E-state index is 0.159. The molecule has 0 N–H and O–H groups in total. The molecule has 1 spiro atoms. The maximum atomic E-state index is 5.74. The highest BCUT2D eigenvalue weighted by Crippen LogP contribution is 2.40. The van der Waals surface area contributed by atoms with Gasteiger partial charge < -0.3 is 4.74 Å². The minimum Gasteiger partial charge on any atom is -0.492 e. The van der Waals surface area contributed by atoms with Gasteiger partial charge in [-0.2, -0.15) is 0 Å². The van der Waals surface area contributed by atoms with Crippen LogP contribution in [0.2, 0.25) is 0 Å². The van der Waals surface area contributed by atoms with Crippen molar-refractivity contribution < 1.29 is 4.74 Å². The van der Waals surface area contributed by atoms with E-state index in [4.69, 9.17) is 4.74 Å². The number of rotatable bonds is 0. The molecule has 0 radical (unpaired) electrons. The molecule has 0 amide bonds. The van der Waals surface area contributed by atoms with Crippen LogP contribution in [-0.4, -0.2) is 5.60 Å². The molecule has 0 saturated carbocycles. The van der Waals surface area contributed by atoms with E-state index in [1.54, 1.807) is 0 Å². The van der Waals surface area contributed by atoms with Gasteiger partial charge in [0, 0.05) is 12.8 Å². The summed E-state index contributed by atoms with van der Waals surface area (Å²) in [5.74, 6) is 0.986. The van der Waals surface area contributed by atoms with Gasteiger partial charge in [0.25, 0.3) is 0 Å². The Kier molecular flexibility index (Phi) is 1.52. The van der Waals surface area contributed by atoms with E-state index in [1.165, 1.54) is 19.3 Å². The van der Waals surface area contributed by atoms with E-state index in [-0.39, 0.29) is 5.60 Å². The lowest BCUT2D eigenvalue weighted by atomic mass is 9.87. The first-order valence-corrected chi connectivity index (χ1v) is 4.33. The molecular weight excluding hydrogens is 136 g/mol. The van der Waals surface area contributed by atoms with Gasteiger partial charge in [-0.1, -0.05) is 18.7 Å². The van der Waals surface area contributed by atoms with Gasteiger partial charge >= 0.3 is 0 Å². The molecule has 60 valence electrons. The number of hydrogen-bond acceptors (Lipinski definition) is 1. The summed E-state index contributed by atoms with van der Waals surface area (Å²) in [5, 5.41) is 0. The minimum absolute atomic E-state index is 0.159. The molecule has 11 heavy (non-hydrogen) atoms. The van der Waals surface area contributed by atoms with Crippen molar-refractivity contribution >= 4 is 0 Å². The zero-order valence-corrected chi connectivity index (χ0v) is 6.81. The van der Waals surface area contributed by atoms with Crippen LogP contribution in [0.5, 0.6) is 0 Å². The first-order chi connectivity index (χ1) is 5.31. The van der Waals surface area contributed by atoms with Gasteiger partial charge in [0.15, 0.2) is 0 Å². The highest BCUT2D eigenvalue weighted by Gasteiger charge is 2.36. The maximum Gasteiger partial charge on any atom is 0.113 e. The van der Waals surface area contributed by atoms with Gasteiger partial charge in [0.1, 0.15) is 5.60 Å². The lowest BCUT2D eigenvalue weighted by Crippen LogP contribution is -2.27. The molecule has 0 aromatic heterocycles. The summed E-state index contributed by atoms with van der Waals surface area (Å²) in [7, 11) is 0. The van der Waals surface area contributed by atoms with Crippen molar-refractivity contribution in [3.63, 3.8) is 0 Å². The second-order valence-electron chi connectivity index (χ2n) is 3.54. The van der Waals surface area contributed by atoms with Crippen LogP contribution in [0.25, 0.3) is 0 Å². The van der Waals surface area contributed by atoms with Gasteiger partial charge in [0.05, 0.1) is 5.76 Å². The van der Waals surface area contributed by atoms with E-state index in [9.17, 15) is 0 Å². The van der Waals surface area contributed by atoms with E-state index in [0.29, 0.717) is 0 Å². The fourth-order valence-electron chi connectivity index (χ4n) is 1.96. The van der Waals surface area contributed by atoms with E-state index in [2.05, 4.69) is 18.7 Å². The molecular formula is C10H14O. The quantitative estimate of drug-likeness (QED) is 0.482. The van der Waals surface area contributed by atoms with Gasteiger partial charge in [-0.3, -0.25) is 0 Å². The van der Waals surface area contributed by atoms with Crippen molar-refractivity contribution in [2.45, 2.75) is 37.7 Å². The van der Waals surface area contributed by atoms with E-state index >= 15 is 0 Å². The Morgan fingerprint density at radius 2 is 2.27 bits per heavy atom. The summed E-state index contributed by atoms with van der Waals surface area (Å²) in [6, 6.07) is 0. The Balaban J connectivity index is 2.11. The molecule has 0 aromatic rings. The third-order valence-electron chi connectivity index (χ3n) is 2.64. The van der Waals surface area contributed by atoms with Crippen LogP contribution in [-0.2, 0) is 4.74 Å². The van der Waals surface area contributed by atoms with Crippen LogP contribution < -0.4 is 0 Å². The van der Waals surface area contributed by atoms with Crippen molar-refractivity contribution in [2.75, 3.05) is 0 Å². The second-order valence-corrected chi connectivity index (χ2v) is 3.54. The highest BCUT2D eigenvalue weighted by atomic mass is 16.5. The third kappa shape index (κ3) is 1.20. The molecule has 1 fully saturated rings. The van der Waals surface area contributed by atoms with Crippen LogP contribution in [0.4, 0.5) is 0 Å². The van der Waals surface area contributed by atoms with Crippen molar-refractivity contribution in [2.24, 2.45) is 0 Å². The van der Waals surface area contributed by atoms with Crippen molar-refractivity contribution in [1.29, 1.82) is 0 Å². The Bertz CT molecular complexity index is 201. The standard InChI is InChI=1S/C10H14O/c1-9-5-8-10(11-9)6-3-2-4-7-10/h2-3H,1,4-8H2. The van der Waals surface area contributed by atoms with Crippen LogP contribution in [0, 0.1) is 0 Å². The molecule has 1 saturated heterocycles. The maximum absolute atomic E-state index is 5.74. The summed E-state index contributed by atoms with van der Waals surface area (Å²) in [6.07, 6.45) is 10.2. The normalized spacial score (nSPS) is 36.2. The van der Waals surface area contributed by atoms with Gasteiger partial charge in [-0.15, -0.1) is 0 Å². The molecule has 1 aliphatic carbocycles. The van der Waals surface area contributed by atoms with E-state index in [0.717, 1.165) is 18.6 Å². The molecule has 1 heterocycles. The SMILES string of the molecule is C=C1CCC2(CC=CCC2)O1. The summed E-state index contributed by atoms with van der Waals surface area (Å²) in [5.41, 5.74) is 0.159. The van der Waals surface area contributed by atoms with Crippen molar-refractivity contribution in [3.05, 3.63) is 24.5 Å². The van der Waals surface area contributed by atoms with Gasteiger partial charge in [0.2, 0.25) is 0 Å². The Morgan fingerprint density at radius 3 is 2.82 bits per heavy atom. The van der Waals surface area contributed by atoms with Crippen LogP contribution in [0.15, 0.2) is 24.5 Å². The fraction of sp³-hybridized carbons (Fsp3) is 0.600. The highest BCUT2D eigenvalue weighted by molar-refractivity contribution is 5.07. The Morgan fingerprint density at radius 1 is 1.36 bits per heavy atom. The smallest absolute Gasteiger partial charge is 0.113 e. The third-order valence-corrected chi connectivity index (χ3v) is 2.64.